The van der Waals surface area contributed by atoms with E-state index in [1.165, 1.54) is 0 Å². The Morgan fingerprint density at radius 2 is 2.36 bits per heavy atom. The molecule has 0 atom stereocenters. The van der Waals surface area contributed by atoms with Gasteiger partial charge in [-0.1, -0.05) is 0 Å². The zero-order valence-electron chi connectivity index (χ0n) is 6.41. The fourth-order valence-corrected chi connectivity index (χ4v) is 1.31. The first-order valence-electron chi connectivity index (χ1n) is 3.28. The largest absolute Gasteiger partial charge is 0.478 e. The first kappa shape index (κ1) is 10.9. The summed E-state index contributed by atoms with van der Waals surface area (Å²) in [6.45, 7) is 0. The van der Waals surface area contributed by atoms with Crippen molar-refractivity contribution in [2.45, 2.75) is 12.8 Å². The van der Waals surface area contributed by atoms with Crippen molar-refractivity contribution >= 4 is 30.4 Å². The molecular formula is C7H12O2S2. The summed E-state index contributed by atoms with van der Waals surface area (Å²) in [4.78, 5) is 10.8. The van der Waals surface area contributed by atoms with Crippen LogP contribution in [0.4, 0.5) is 0 Å². The van der Waals surface area contributed by atoms with E-state index in [2.05, 4.69) is 12.6 Å². The molecule has 0 fully saturated rings. The number of carboxylic acid groups (broad SMARTS) is 1. The molecule has 64 valence electrons. The highest BCUT2D eigenvalue weighted by molar-refractivity contribution is 7.98. The van der Waals surface area contributed by atoms with E-state index in [4.69, 9.17) is 5.11 Å². The highest BCUT2D eigenvalue weighted by Gasteiger charge is 1.94. The van der Waals surface area contributed by atoms with Gasteiger partial charge in [0, 0.05) is 6.08 Å². The third-order valence-electron chi connectivity index (χ3n) is 1.07. The van der Waals surface area contributed by atoms with Crippen molar-refractivity contribution in [3.8, 4) is 0 Å². The molecule has 0 bridgehead atoms. The van der Waals surface area contributed by atoms with Crippen molar-refractivity contribution in [1.29, 1.82) is 0 Å². The summed E-state index contributed by atoms with van der Waals surface area (Å²) in [5.74, 6) is 0.136. The Labute approximate surface area is 76.5 Å². The van der Waals surface area contributed by atoms with Crippen LogP contribution in [0.15, 0.2) is 11.0 Å². The summed E-state index contributed by atoms with van der Waals surface area (Å²) < 4.78 is 0. The van der Waals surface area contributed by atoms with Crippen LogP contribution < -0.4 is 0 Å². The van der Waals surface area contributed by atoms with E-state index in [0.717, 1.165) is 24.7 Å². The number of allylic oxidation sites excluding steroid dienone is 1. The van der Waals surface area contributed by atoms with Gasteiger partial charge in [0.1, 0.15) is 0 Å². The Balaban J connectivity index is 3.51. The number of thiol groups is 1. The van der Waals surface area contributed by atoms with Crippen LogP contribution in [0.2, 0.25) is 0 Å². The second-order valence-corrected chi connectivity index (χ2v) is 3.63. The minimum absolute atomic E-state index is 0.645. The monoisotopic (exact) mass is 192 g/mol. The zero-order valence-corrected chi connectivity index (χ0v) is 8.12. The van der Waals surface area contributed by atoms with Gasteiger partial charge in [0.15, 0.2) is 0 Å². The predicted molar refractivity (Wildman–Crippen MR) is 52.3 cm³/mol. The van der Waals surface area contributed by atoms with Crippen LogP contribution >= 0.6 is 24.4 Å². The number of rotatable bonds is 5. The van der Waals surface area contributed by atoms with Gasteiger partial charge in [-0.2, -0.15) is 11.8 Å². The number of thioether (sulfide) groups is 1. The molecule has 0 aliphatic rings. The average Bonchev–Trinajstić information content (AvgIpc) is 1.86. The first-order valence-corrected chi connectivity index (χ1v) is 5.12. The molecule has 0 radical (unpaired) electrons. The Kier molecular flexibility index (Phi) is 6.56. The molecule has 0 aliphatic carbocycles. The molecule has 0 unspecified atom stereocenters. The van der Waals surface area contributed by atoms with Crippen molar-refractivity contribution < 1.29 is 9.90 Å². The van der Waals surface area contributed by atoms with Crippen molar-refractivity contribution in [2.75, 3.05) is 12.0 Å². The number of carbonyl (C=O) groups is 1. The molecule has 0 heterocycles. The van der Waals surface area contributed by atoms with E-state index in [1.54, 1.807) is 11.8 Å². The molecule has 0 aromatic carbocycles. The number of hydrogen-bond donors (Lipinski definition) is 2. The van der Waals surface area contributed by atoms with Crippen LogP contribution in [-0.2, 0) is 4.79 Å². The van der Waals surface area contributed by atoms with Crippen LogP contribution in [-0.4, -0.2) is 23.1 Å². The Morgan fingerprint density at radius 3 is 2.82 bits per heavy atom. The predicted octanol–water partition coefficient (Wildman–Crippen LogP) is 2.03. The topological polar surface area (TPSA) is 37.3 Å². The SMILES string of the molecule is CSCCC/C(S)=C/C(=O)O. The van der Waals surface area contributed by atoms with Crippen LogP contribution in [0.25, 0.3) is 0 Å². The summed E-state index contributed by atoms with van der Waals surface area (Å²) >= 11 is 5.77. The summed E-state index contributed by atoms with van der Waals surface area (Å²) in [5.41, 5.74) is 0. The highest BCUT2D eigenvalue weighted by Crippen LogP contribution is 2.11. The quantitative estimate of drug-likeness (QED) is 0.397. The highest BCUT2D eigenvalue weighted by atomic mass is 32.2. The molecular weight excluding hydrogens is 180 g/mol. The maximum Gasteiger partial charge on any atom is 0.329 e. The van der Waals surface area contributed by atoms with Crippen LogP contribution in [0.1, 0.15) is 12.8 Å². The lowest BCUT2D eigenvalue weighted by atomic mass is 10.3. The van der Waals surface area contributed by atoms with Gasteiger partial charge in [0.25, 0.3) is 0 Å². The van der Waals surface area contributed by atoms with E-state index in [1.807, 2.05) is 6.26 Å². The fraction of sp³-hybridized carbons (Fsp3) is 0.571. The maximum absolute atomic E-state index is 10.1. The summed E-state index contributed by atoms with van der Waals surface area (Å²) in [5, 5.41) is 8.31. The average molecular weight is 192 g/mol. The summed E-state index contributed by atoms with van der Waals surface area (Å²) in [6.07, 6.45) is 4.92. The molecule has 4 heteroatoms. The van der Waals surface area contributed by atoms with Crippen molar-refractivity contribution in [3.63, 3.8) is 0 Å². The molecule has 0 rings (SSSR count). The first-order chi connectivity index (χ1) is 5.16. The van der Waals surface area contributed by atoms with Crippen molar-refractivity contribution in [3.05, 3.63) is 11.0 Å². The Morgan fingerprint density at radius 1 is 1.73 bits per heavy atom. The maximum atomic E-state index is 10.1. The number of carboxylic acids is 1. The van der Waals surface area contributed by atoms with Crippen molar-refractivity contribution in [1.82, 2.24) is 0 Å². The van der Waals surface area contributed by atoms with Gasteiger partial charge in [-0.25, -0.2) is 4.79 Å². The second kappa shape index (κ2) is 6.61. The zero-order chi connectivity index (χ0) is 8.69. The lowest BCUT2D eigenvalue weighted by Gasteiger charge is -1.96. The Bertz CT molecular complexity index is 155. The van der Waals surface area contributed by atoms with E-state index in [9.17, 15) is 4.79 Å². The molecule has 0 saturated carbocycles. The van der Waals surface area contributed by atoms with Gasteiger partial charge >= 0.3 is 5.97 Å². The van der Waals surface area contributed by atoms with Gasteiger partial charge in [0.2, 0.25) is 0 Å². The van der Waals surface area contributed by atoms with E-state index in [-0.39, 0.29) is 0 Å². The van der Waals surface area contributed by atoms with Crippen LogP contribution in [0, 0.1) is 0 Å². The van der Waals surface area contributed by atoms with E-state index in [0.29, 0.717) is 4.91 Å². The molecule has 0 amide bonds. The van der Waals surface area contributed by atoms with E-state index < -0.39 is 5.97 Å². The standard InChI is InChI=1S/C7H12O2S2/c1-11-4-2-3-6(10)5-7(8)9/h5,10H,2-4H2,1H3,(H,8,9)/b6-5-. The van der Waals surface area contributed by atoms with Crippen molar-refractivity contribution in [2.24, 2.45) is 0 Å². The lowest BCUT2D eigenvalue weighted by Crippen LogP contribution is -1.89. The third kappa shape index (κ3) is 7.81. The summed E-state index contributed by atoms with van der Waals surface area (Å²) in [7, 11) is 0. The molecule has 0 aromatic rings. The van der Waals surface area contributed by atoms with Gasteiger partial charge in [0.05, 0.1) is 0 Å². The molecule has 0 aliphatic heterocycles. The molecule has 0 aromatic heterocycles. The van der Waals surface area contributed by atoms with Crippen LogP contribution in [0.3, 0.4) is 0 Å². The molecule has 11 heavy (non-hydrogen) atoms. The summed E-state index contributed by atoms with van der Waals surface area (Å²) in [6, 6.07) is 0. The molecule has 0 spiro atoms. The van der Waals surface area contributed by atoms with Gasteiger partial charge in [-0.15, -0.1) is 12.6 Å². The molecule has 1 N–H and O–H groups in total. The minimum atomic E-state index is -0.917. The number of hydrogen-bond acceptors (Lipinski definition) is 3. The smallest absolute Gasteiger partial charge is 0.329 e. The third-order valence-corrected chi connectivity index (χ3v) is 2.12. The normalized spacial score (nSPS) is 11.6. The Hall–Kier alpha value is -0.0900. The second-order valence-electron chi connectivity index (χ2n) is 2.07. The van der Waals surface area contributed by atoms with Gasteiger partial charge in [-0.05, 0) is 29.8 Å². The van der Waals surface area contributed by atoms with Gasteiger partial charge in [-0.3, -0.25) is 0 Å². The van der Waals surface area contributed by atoms with Gasteiger partial charge < -0.3 is 5.11 Å². The van der Waals surface area contributed by atoms with E-state index >= 15 is 0 Å². The van der Waals surface area contributed by atoms with Crippen LogP contribution in [0.5, 0.6) is 0 Å². The number of aliphatic carboxylic acids is 1. The molecule has 2 nitrogen and oxygen atoms in total. The lowest BCUT2D eigenvalue weighted by molar-refractivity contribution is -0.131. The fourth-order valence-electron chi connectivity index (χ4n) is 0.612. The minimum Gasteiger partial charge on any atom is -0.478 e. The molecule has 0 saturated heterocycles.